The van der Waals surface area contributed by atoms with E-state index in [9.17, 15) is 0 Å². The Labute approximate surface area is 148 Å². The van der Waals surface area contributed by atoms with Crippen LogP contribution in [0.2, 0.25) is 5.02 Å². The summed E-state index contributed by atoms with van der Waals surface area (Å²) in [5, 5.41) is 0.791. The highest BCUT2D eigenvalue weighted by Crippen LogP contribution is 2.37. The average Bonchev–Trinajstić information content (AvgIpc) is 2.73. The first-order valence-corrected chi connectivity index (χ1v) is 9.02. The topological polar surface area (TPSA) is 15.7 Å². The Morgan fingerprint density at radius 2 is 1.88 bits per heavy atom. The van der Waals surface area contributed by atoms with Crippen molar-refractivity contribution < 1.29 is 4.74 Å². The molecule has 0 amide bonds. The first kappa shape index (κ1) is 15.9. The second-order valence-corrected chi connectivity index (χ2v) is 7.20. The molecule has 24 heavy (non-hydrogen) atoms. The maximum absolute atomic E-state index is 6.32. The van der Waals surface area contributed by atoms with E-state index in [-0.39, 0.29) is 6.10 Å². The average molecular weight is 343 g/mol. The molecule has 0 aromatic heterocycles. The van der Waals surface area contributed by atoms with Crippen molar-refractivity contribution in [1.82, 2.24) is 4.90 Å². The summed E-state index contributed by atoms with van der Waals surface area (Å²) in [6, 6.07) is 15.0. The van der Waals surface area contributed by atoms with E-state index < -0.39 is 0 Å². The van der Waals surface area contributed by atoms with Crippen LogP contribution in [0.1, 0.15) is 11.1 Å². The predicted octanol–water partition coefficient (Wildman–Crippen LogP) is 3.91. The van der Waals surface area contributed by atoms with E-state index in [0.717, 1.165) is 44.1 Å². The van der Waals surface area contributed by atoms with Gasteiger partial charge >= 0.3 is 0 Å². The summed E-state index contributed by atoms with van der Waals surface area (Å²) in [4.78, 5) is 4.75. The number of aryl methyl sites for hydroxylation is 2. The molecule has 0 saturated carbocycles. The molecule has 4 rings (SSSR count). The van der Waals surface area contributed by atoms with Crippen molar-refractivity contribution in [3.63, 3.8) is 0 Å². The van der Waals surface area contributed by atoms with Crippen molar-refractivity contribution in [2.45, 2.75) is 18.9 Å². The zero-order valence-corrected chi connectivity index (χ0v) is 14.8. The van der Waals surface area contributed by atoms with E-state index in [1.165, 1.54) is 22.5 Å². The number of hydrogen-bond donors (Lipinski definition) is 0. The summed E-state index contributed by atoms with van der Waals surface area (Å²) in [7, 11) is 2.16. The third-order valence-corrected chi connectivity index (χ3v) is 5.25. The monoisotopic (exact) mass is 342 g/mol. The lowest BCUT2D eigenvalue weighted by Gasteiger charge is -2.35. The van der Waals surface area contributed by atoms with Crippen molar-refractivity contribution in [3.05, 3.63) is 58.6 Å². The van der Waals surface area contributed by atoms with Gasteiger partial charge in [0.2, 0.25) is 0 Å². The van der Waals surface area contributed by atoms with E-state index in [1.807, 2.05) is 6.07 Å². The summed E-state index contributed by atoms with van der Waals surface area (Å²) < 4.78 is 6.04. The first-order valence-electron chi connectivity index (χ1n) is 8.65. The fourth-order valence-corrected chi connectivity index (χ4v) is 3.93. The van der Waals surface area contributed by atoms with E-state index in [4.69, 9.17) is 16.3 Å². The second-order valence-electron chi connectivity index (χ2n) is 6.77. The van der Waals surface area contributed by atoms with Crippen LogP contribution in [0.15, 0.2) is 42.5 Å². The van der Waals surface area contributed by atoms with E-state index in [1.54, 1.807) is 0 Å². The van der Waals surface area contributed by atoms with Crippen molar-refractivity contribution in [1.29, 1.82) is 0 Å². The molecule has 3 nitrogen and oxygen atoms in total. The van der Waals surface area contributed by atoms with Gasteiger partial charge in [0.15, 0.2) is 0 Å². The zero-order valence-electron chi connectivity index (χ0n) is 14.0. The van der Waals surface area contributed by atoms with Gasteiger partial charge in [0.05, 0.1) is 19.3 Å². The van der Waals surface area contributed by atoms with Gasteiger partial charge in [0.25, 0.3) is 0 Å². The minimum atomic E-state index is 0.210. The molecule has 4 heteroatoms. The lowest BCUT2D eigenvalue weighted by atomic mass is 10.0. The van der Waals surface area contributed by atoms with Gasteiger partial charge in [-0.05, 0) is 49.2 Å². The highest BCUT2D eigenvalue weighted by atomic mass is 35.5. The number of para-hydroxylation sites is 1. The van der Waals surface area contributed by atoms with E-state index >= 15 is 0 Å². The van der Waals surface area contributed by atoms with Gasteiger partial charge in [-0.1, -0.05) is 35.9 Å². The molecule has 0 aliphatic carbocycles. The Morgan fingerprint density at radius 1 is 1.08 bits per heavy atom. The van der Waals surface area contributed by atoms with Crippen molar-refractivity contribution in [3.8, 4) is 0 Å². The SMILES string of the molecule is CN1CCOC(CN2c3ccccc3CCc3ccc(Cl)cc32)C1. The Kier molecular flexibility index (Phi) is 4.49. The fraction of sp³-hybridized carbons (Fsp3) is 0.400. The Balaban J connectivity index is 1.74. The largest absolute Gasteiger partial charge is 0.374 e. The number of morpholine rings is 1. The lowest BCUT2D eigenvalue weighted by molar-refractivity contribution is -0.0137. The van der Waals surface area contributed by atoms with Crippen molar-refractivity contribution >= 4 is 23.0 Å². The summed E-state index contributed by atoms with van der Waals surface area (Å²) >= 11 is 6.32. The maximum atomic E-state index is 6.32. The second kappa shape index (κ2) is 6.75. The van der Waals surface area contributed by atoms with Crippen LogP contribution in [0.4, 0.5) is 11.4 Å². The Bertz CT molecular complexity index is 733. The minimum absolute atomic E-state index is 0.210. The molecule has 0 N–H and O–H groups in total. The molecule has 2 aliphatic heterocycles. The number of halogens is 1. The normalized spacial score (nSPS) is 21.1. The van der Waals surface area contributed by atoms with Crippen LogP contribution in [-0.2, 0) is 17.6 Å². The fourth-order valence-electron chi connectivity index (χ4n) is 3.76. The lowest BCUT2D eigenvalue weighted by Crippen LogP contribution is -2.45. The van der Waals surface area contributed by atoms with Crippen molar-refractivity contribution in [2.75, 3.05) is 38.2 Å². The van der Waals surface area contributed by atoms with Crippen LogP contribution in [0, 0.1) is 0 Å². The smallest absolute Gasteiger partial charge is 0.0881 e. The quantitative estimate of drug-likeness (QED) is 0.823. The maximum Gasteiger partial charge on any atom is 0.0881 e. The Morgan fingerprint density at radius 3 is 2.71 bits per heavy atom. The highest BCUT2D eigenvalue weighted by Gasteiger charge is 2.26. The molecule has 1 atom stereocenters. The molecule has 126 valence electrons. The number of anilines is 2. The summed E-state index contributed by atoms with van der Waals surface area (Å²) in [5.74, 6) is 0. The summed E-state index contributed by atoms with van der Waals surface area (Å²) in [6.45, 7) is 3.64. The van der Waals surface area contributed by atoms with Gasteiger partial charge in [-0.2, -0.15) is 0 Å². The summed E-state index contributed by atoms with van der Waals surface area (Å²) in [5.41, 5.74) is 5.27. The van der Waals surface area contributed by atoms with Crippen LogP contribution in [0.3, 0.4) is 0 Å². The minimum Gasteiger partial charge on any atom is -0.374 e. The van der Waals surface area contributed by atoms with Crippen LogP contribution in [-0.4, -0.2) is 44.3 Å². The molecular weight excluding hydrogens is 320 g/mol. The zero-order chi connectivity index (χ0) is 16.5. The van der Waals surface area contributed by atoms with Crippen LogP contribution >= 0.6 is 11.6 Å². The van der Waals surface area contributed by atoms with E-state index in [2.05, 4.69) is 53.2 Å². The molecule has 1 fully saturated rings. The number of likely N-dealkylation sites (N-methyl/N-ethyl adjacent to an activating group) is 1. The van der Waals surface area contributed by atoms with Crippen LogP contribution in [0.25, 0.3) is 0 Å². The number of fused-ring (bicyclic) bond motifs is 2. The van der Waals surface area contributed by atoms with E-state index in [0.29, 0.717) is 0 Å². The molecule has 0 bridgehead atoms. The molecule has 1 saturated heterocycles. The molecule has 0 spiro atoms. The molecule has 2 heterocycles. The third-order valence-electron chi connectivity index (χ3n) is 5.01. The van der Waals surface area contributed by atoms with Gasteiger partial charge in [0.1, 0.15) is 0 Å². The van der Waals surface area contributed by atoms with Gasteiger partial charge in [-0.3, -0.25) is 0 Å². The Hall–Kier alpha value is -1.55. The number of nitrogens with zero attached hydrogens (tertiary/aromatic N) is 2. The van der Waals surface area contributed by atoms with Gasteiger partial charge in [0, 0.05) is 29.5 Å². The standard InChI is InChI=1S/C20H23ClN2O/c1-22-10-11-24-18(13-22)14-23-19-5-3-2-4-15(19)6-7-16-8-9-17(21)12-20(16)23/h2-5,8-9,12,18H,6-7,10-11,13-14H2,1H3. The molecule has 2 aromatic rings. The number of ether oxygens (including phenoxy) is 1. The van der Waals surface area contributed by atoms with Crippen LogP contribution in [0.5, 0.6) is 0 Å². The predicted molar refractivity (Wildman–Crippen MR) is 99.5 cm³/mol. The van der Waals surface area contributed by atoms with Gasteiger partial charge < -0.3 is 14.5 Å². The van der Waals surface area contributed by atoms with Crippen LogP contribution < -0.4 is 4.90 Å². The number of benzene rings is 2. The van der Waals surface area contributed by atoms with Gasteiger partial charge in [-0.15, -0.1) is 0 Å². The number of hydrogen-bond acceptors (Lipinski definition) is 3. The summed E-state index contributed by atoms with van der Waals surface area (Å²) in [6.07, 6.45) is 2.32. The highest BCUT2D eigenvalue weighted by molar-refractivity contribution is 6.30. The first-order chi connectivity index (χ1) is 11.7. The molecule has 2 aromatic carbocycles. The molecule has 0 radical (unpaired) electrons. The van der Waals surface area contributed by atoms with Crippen molar-refractivity contribution in [2.24, 2.45) is 0 Å². The number of rotatable bonds is 2. The molecule has 1 unspecified atom stereocenters. The van der Waals surface area contributed by atoms with Gasteiger partial charge in [-0.25, -0.2) is 0 Å². The molecular formula is C20H23ClN2O. The molecule has 2 aliphatic rings. The third kappa shape index (κ3) is 3.16.